The van der Waals surface area contributed by atoms with E-state index in [9.17, 15) is 19.8 Å². The van der Waals surface area contributed by atoms with E-state index in [1.165, 1.54) is 6.07 Å². The lowest BCUT2D eigenvalue weighted by atomic mass is 9.95. The number of phenolic OH excluding ortho intramolecular Hbond substituents is 2. The second kappa shape index (κ2) is 5.44. The molecule has 0 saturated heterocycles. The fourth-order valence-corrected chi connectivity index (χ4v) is 1.97. The highest BCUT2D eigenvalue weighted by molar-refractivity contribution is 6.12. The molecular formula is C15H12O5. The molecule has 0 spiro atoms. The number of benzene rings is 2. The highest BCUT2D eigenvalue weighted by Crippen LogP contribution is 2.29. The predicted molar refractivity (Wildman–Crippen MR) is 71.0 cm³/mol. The number of hydrogen-bond donors (Lipinski definition) is 3. The molecule has 102 valence electrons. The summed E-state index contributed by atoms with van der Waals surface area (Å²) >= 11 is 0. The lowest BCUT2D eigenvalue weighted by molar-refractivity contribution is -0.136. The Kier molecular flexibility index (Phi) is 3.70. The maximum atomic E-state index is 12.3. The van der Waals surface area contributed by atoms with Crippen LogP contribution in [0.4, 0.5) is 0 Å². The van der Waals surface area contributed by atoms with Crippen molar-refractivity contribution in [3.63, 3.8) is 0 Å². The van der Waals surface area contributed by atoms with Gasteiger partial charge in [0.05, 0.1) is 12.0 Å². The van der Waals surface area contributed by atoms with Crippen LogP contribution in [0.3, 0.4) is 0 Å². The Morgan fingerprint density at radius 2 is 1.65 bits per heavy atom. The quantitative estimate of drug-likeness (QED) is 0.739. The SMILES string of the molecule is O=C(O)Cc1cc(O)cc(O)c1C(=O)c1ccccc1. The van der Waals surface area contributed by atoms with E-state index in [1.54, 1.807) is 30.3 Å². The number of ketones is 1. The van der Waals surface area contributed by atoms with Crippen molar-refractivity contribution < 1.29 is 24.9 Å². The second-order valence-electron chi connectivity index (χ2n) is 4.26. The summed E-state index contributed by atoms with van der Waals surface area (Å²) in [5.41, 5.74) is 0.306. The Labute approximate surface area is 114 Å². The zero-order valence-corrected chi connectivity index (χ0v) is 10.4. The maximum absolute atomic E-state index is 12.3. The van der Waals surface area contributed by atoms with Gasteiger partial charge in [0.1, 0.15) is 11.5 Å². The van der Waals surface area contributed by atoms with Gasteiger partial charge in [0.2, 0.25) is 0 Å². The molecule has 5 heteroatoms. The fourth-order valence-electron chi connectivity index (χ4n) is 1.97. The van der Waals surface area contributed by atoms with Gasteiger partial charge in [-0.25, -0.2) is 0 Å². The largest absolute Gasteiger partial charge is 0.508 e. The van der Waals surface area contributed by atoms with Gasteiger partial charge in [-0.3, -0.25) is 9.59 Å². The Morgan fingerprint density at radius 3 is 2.25 bits per heavy atom. The summed E-state index contributed by atoms with van der Waals surface area (Å²) in [7, 11) is 0. The molecule has 20 heavy (non-hydrogen) atoms. The van der Waals surface area contributed by atoms with Crippen LogP contribution in [0.5, 0.6) is 11.5 Å². The first-order valence-electron chi connectivity index (χ1n) is 5.85. The van der Waals surface area contributed by atoms with Gasteiger partial charge in [-0.2, -0.15) is 0 Å². The second-order valence-corrected chi connectivity index (χ2v) is 4.26. The van der Waals surface area contributed by atoms with Crippen molar-refractivity contribution >= 4 is 11.8 Å². The number of aromatic hydroxyl groups is 2. The summed E-state index contributed by atoms with van der Waals surface area (Å²) in [4.78, 5) is 23.2. The van der Waals surface area contributed by atoms with Crippen molar-refractivity contribution in [3.05, 3.63) is 59.2 Å². The van der Waals surface area contributed by atoms with Crippen LogP contribution in [0, 0.1) is 0 Å². The summed E-state index contributed by atoms with van der Waals surface area (Å²) in [5, 5.41) is 28.1. The van der Waals surface area contributed by atoms with Crippen molar-refractivity contribution in [2.24, 2.45) is 0 Å². The van der Waals surface area contributed by atoms with Crippen molar-refractivity contribution in [1.82, 2.24) is 0 Å². The molecule has 0 radical (unpaired) electrons. The van der Waals surface area contributed by atoms with Gasteiger partial charge in [-0.05, 0) is 11.6 Å². The molecule has 2 rings (SSSR count). The zero-order valence-electron chi connectivity index (χ0n) is 10.4. The van der Waals surface area contributed by atoms with E-state index >= 15 is 0 Å². The molecule has 0 atom stereocenters. The molecule has 0 aromatic heterocycles. The first-order valence-corrected chi connectivity index (χ1v) is 5.85. The van der Waals surface area contributed by atoms with E-state index in [0.29, 0.717) is 5.56 Å². The van der Waals surface area contributed by atoms with Gasteiger partial charge >= 0.3 is 5.97 Å². The first kappa shape index (κ1) is 13.6. The Bertz CT molecular complexity index is 661. The fraction of sp³-hybridized carbons (Fsp3) is 0.0667. The molecule has 0 aliphatic carbocycles. The van der Waals surface area contributed by atoms with Gasteiger partial charge in [-0.15, -0.1) is 0 Å². The average molecular weight is 272 g/mol. The number of phenols is 2. The van der Waals surface area contributed by atoms with E-state index in [1.807, 2.05) is 0 Å². The lowest BCUT2D eigenvalue weighted by Gasteiger charge is -2.10. The molecule has 2 aromatic rings. The summed E-state index contributed by atoms with van der Waals surface area (Å²) in [6.45, 7) is 0. The Hall–Kier alpha value is -2.82. The van der Waals surface area contributed by atoms with Crippen molar-refractivity contribution in [2.75, 3.05) is 0 Å². The number of aliphatic carboxylic acids is 1. The molecule has 0 aliphatic rings. The van der Waals surface area contributed by atoms with Gasteiger partial charge in [-0.1, -0.05) is 30.3 Å². The number of carbonyl (C=O) groups excluding carboxylic acids is 1. The smallest absolute Gasteiger partial charge is 0.307 e. The third-order valence-electron chi connectivity index (χ3n) is 2.79. The highest BCUT2D eigenvalue weighted by Gasteiger charge is 2.20. The molecule has 0 fully saturated rings. The molecule has 0 saturated carbocycles. The Morgan fingerprint density at radius 1 is 1.00 bits per heavy atom. The van der Waals surface area contributed by atoms with E-state index in [0.717, 1.165) is 6.07 Å². The minimum Gasteiger partial charge on any atom is -0.508 e. The topological polar surface area (TPSA) is 94.8 Å². The van der Waals surface area contributed by atoms with Gasteiger partial charge in [0.25, 0.3) is 0 Å². The predicted octanol–water partition coefficient (Wildman–Crippen LogP) is 1.96. The van der Waals surface area contributed by atoms with Crippen LogP contribution in [0.25, 0.3) is 0 Å². The van der Waals surface area contributed by atoms with Crippen LogP contribution in [0.1, 0.15) is 21.5 Å². The Balaban J connectivity index is 2.55. The normalized spacial score (nSPS) is 10.2. The van der Waals surface area contributed by atoms with E-state index in [2.05, 4.69) is 0 Å². The van der Waals surface area contributed by atoms with Gasteiger partial charge in [0, 0.05) is 11.6 Å². The van der Waals surface area contributed by atoms with E-state index < -0.39 is 23.9 Å². The first-order chi connectivity index (χ1) is 9.49. The van der Waals surface area contributed by atoms with Crippen molar-refractivity contribution in [2.45, 2.75) is 6.42 Å². The van der Waals surface area contributed by atoms with Crippen molar-refractivity contribution in [3.8, 4) is 11.5 Å². The summed E-state index contributed by atoms with van der Waals surface area (Å²) in [6.07, 6.45) is -0.462. The van der Waals surface area contributed by atoms with Crippen LogP contribution in [0.15, 0.2) is 42.5 Å². The number of carboxylic acid groups (broad SMARTS) is 1. The molecule has 2 aromatic carbocycles. The van der Waals surface area contributed by atoms with E-state index in [-0.39, 0.29) is 16.9 Å². The molecule has 0 aliphatic heterocycles. The average Bonchev–Trinajstić information content (AvgIpc) is 2.38. The summed E-state index contributed by atoms with van der Waals surface area (Å²) < 4.78 is 0. The number of carboxylic acids is 1. The minimum absolute atomic E-state index is 0.0730. The van der Waals surface area contributed by atoms with Crippen molar-refractivity contribution in [1.29, 1.82) is 0 Å². The van der Waals surface area contributed by atoms with Crippen LogP contribution in [-0.2, 0) is 11.2 Å². The molecule has 0 amide bonds. The number of rotatable bonds is 4. The standard InChI is InChI=1S/C15H12O5/c16-11-6-10(7-13(18)19)14(12(17)8-11)15(20)9-4-2-1-3-5-9/h1-6,8,16-17H,7H2,(H,18,19). The summed E-state index contributed by atoms with van der Waals surface area (Å²) in [5.74, 6) is -2.37. The molecule has 0 bridgehead atoms. The van der Waals surface area contributed by atoms with Crippen LogP contribution in [-0.4, -0.2) is 27.1 Å². The monoisotopic (exact) mass is 272 g/mol. The highest BCUT2D eigenvalue weighted by atomic mass is 16.4. The summed E-state index contributed by atoms with van der Waals surface area (Å²) in [6, 6.07) is 10.4. The van der Waals surface area contributed by atoms with Crippen LogP contribution >= 0.6 is 0 Å². The maximum Gasteiger partial charge on any atom is 0.307 e. The number of carbonyl (C=O) groups is 2. The van der Waals surface area contributed by atoms with Gasteiger partial charge < -0.3 is 15.3 Å². The zero-order chi connectivity index (χ0) is 14.7. The molecule has 0 unspecified atom stereocenters. The molecular weight excluding hydrogens is 260 g/mol. The van der Waals surface area contributed by atoms with Crippen LogP contribution in [0.2, 0.25) is 0 Å². The lowest BCUT2D eigenvalue weighted by Crippen LogP contribution is -2.09. The van der Waals surface area contributed by atoms with E-state index in [4.69, 9.17) is 5.11 Å². The minimum atomic E-state index is -1.16. The third kappa shape index (κ3) is 2.77. The molecule has 3 N–H and O–H groups in total. The van der Waals surface area contributed by atoms with Gasteiger partial charge in [0.15, 0.2) is 5.78 Å². The van der Waals surface area contributed by atoms with Crippen LogP contribution < -0.4 is 0 Å². The number of hydrogen-bond acceptors (Lipinski definition) is 4. The molecule has 5 nitrogen and oxygen atoms in total. The third-order valence-corrected chi connectivity index (χ3v) is 2.79. The molecule has 0 heterocycles.